The van der Waals surface area contributed by atoms with Crippen molar-refractivity contribution in [2.24, 2.45) is 0 Å². The number of hydrogen-bond donors (Lipinski definition) is 1. The van der Waals surface area contributed by atoms with Gasteiger partial charge in [0.2, 0.25) is 0 Å². The van der Waals surface area contributed by atoms with Crippen molar-refractivity contribution in [1.29, 1.82) is 0 Å². The molecule has 5 nitrogen and oxygen atoms in total. The molecule has 3 aromatic rings. The van der Waals surface area contributed by atoms with E-state index in [4.69, 9.17) is 16.3 Å². The quantitative estimate of drug-likeness (QED) is 0.629. The van der Waals surface area contributed by atoms with Gasteiger partial charge in [-0.2, -0.15) is 0 Å². The van der Waals surface area contributed by atoms with E-state index >= 15 is 0 Å². The fraction of sp³-hybridized carbons (Fsp3) is 0.261. The van der Waals surface area contributed by atoms with Crippen molar-refractivity contribution >= 4 is 17.5 Å². The molecular weight excluding hydrogens is 386 g/mol. The molecule has 0 bridgehead atoms. The van der Waals surface area contributed by atoms with E-state index < -0.39 is 0 Å². The van der Waals surface area contributed by atoms with Crippen LogP contribution < -0.4 is 10.1 Å². The van der Waals surface area contributed by atoms with Crippen LogP contribution in [-0.2, 0) is 12.8 Å². The summed E-state index contributed by atoms with van der Waals surface area (Å²) in [5.74, 6) is 1.36. The number of aryl methyl sites for hydroxylation is 1. The van der Waals surface area contributed by atoms with E-state index in [2.05, 4.69) is 21.4 Å². The maximum Gasteiger partial charge on any atom is 0.251 e. The van der Waals surface area contributed by atoms with E-state index in [9.17, 15) is 4.79 Å². The third-order valence-electron chi connectivity index (χ3n) is 4.61. The van der Waals surface area contributed by atoms with Crippen molar-refractivity contribution in [2.45, 2.75) is 26.7 Å². The fourth-order valence-electron chi connectivity index (χ4n) is 3.20. The molecule has 0 aliphatic carbocycles. The van der Waals surface area contributed by atoms with Crippen molar-refractivity contribution < 1.29 is 9.53 Å². The van der Waals surface area contributed by atoms with Gasteiger partial charge in [0.25, 0.3) is 5.91 Å². The first-order valence-corrected chi connectivity index (χ1v) is 9.89. The maximum absolute atomic E-state index is 12.4. The number of hydrogen-bond acceptors (Lipinski definition) is 4. The molecule has 1 amide bonds. The summed E-state index contributed by atoms with van der Waals surface area (Å²) in [7, 11) is 1.65. The van der Waals surface area contributed by atoms with E-state index in [0.717, 1.165) is 22.4 Å². The Balaban J connectivity index is 1.90. The van der Waals surface area contributed by atoms with Crippen LogP contribution in [0.4, 0.5) is 0 Å². The van der Waals surface area contributed by atoms with Gasteiger partial charge in [0, 0.05) is 36.7 Å². The third kappa shape index (κ3) is 5.12. The predicted molar refractivity (Wildman–Crippen MR) is 115 cm³/mol. The van der Waals surface area contributed by atoms with Crippen LogP contribution in [0.2, 0.25) is 5.02 Å². The van der Waals surface area contributed by atoms with Crippen LogP contribution in [0.25, 0.3) is 0 Å². The molecular formula is C23H24ClN3O2. The highest BCUT2D eigenvalue weighted by atomic mass is 35.5. The molecule has 0 saturated carbocycles. The lowest BCUT2D eigenvalue weighted by atomic mass is 10.0. The van der Waals surface area contributed by atoms with Gasteiger partial charge in [0.15, 0.2) is 0 Å². The lowest BCUT2D eigenvalue weighted by Gasteiger charge is -2.12. The summed E-state index contributed by atoms with van der Waals surface area (Å²) >= 11 is 6.38. The second kappa shape index (κ2) is 9.52. The molecule has 1 heterocycles. The summed E-state index contributed by atoms with van der Waals surface area (Å²) in [4.78, 5) is 21.4. The molecule has 0 radical (unpaired) electrons. The van der Waals surface area contributed by atoms with E-state index in [0.29, 0.717) is 41.5 Å². The summed E-state index contributed by atoms with van der Waals surface area (Å²) in [5.41, 5.74) is 4.36. The Labute approximate surface area is 176 Å². The molecule has 0 saturated heterocycles. The van der Waals surface area contributed by atoms with Crippen molar-refractivity contribution in [3.8, 4) is 5.75 Å². The van der Waals surface area contributed by atoms with Gasteiger partial charge in [-0.1, -0.05) is 47.5 Å². The SMILES string of the molecule is CCNC(=O)c1ccccc1Cc1nc(Cc2cc(C)ccc2OC)ncc1Cl. The molecule has 29 heavy (non-hydrogen) atoms. The Morgan fingerprint density at radius 3 is 2.69 bits per heavy atom. The molecule has 0 atom stereocenters. The Bertz CT molecular complexity index is 1020. The number of halogens is 1. The molecule has 0 spiro atoms. The number of benzene rings is 2. The molecule has 0 aliphatic rings. The highest BCUT2D eigenvalue weighted by molar-refractivity contribution is 6.31. The number of amides is 1. The Morgan fingerprint density at radius 1 is 1.14 bits per heavy atom. The normalized spacial score (nSPS) is 10.6. The van der Waals surface area contributed by atoms with Crippen LogP contribution in [-0.4, -0.2) is 29.5 Å². The van der Waals surface area contributed by atoms with E-state index in [1.807, 2.05) is 50.2 Å². The fourth-order valence-corrected chi connectivity index (χ4v) is 3.36. The minimum absolute atomic E-state index is 0.0991. The van der Waals surface area contributed by atoms with Gasteiger partial charge in [0.05, 0.1) is 17.8 Å². The number of carbonyl (C=O) groups excluding carboxylic acids is 1. The van der Waals surface area contributed by atoms with Crippen molar-refractivity contribution in [3.05, 3.63) is 87.5 Å². The summed E-state index contributed by atoms with van der Waals surface area (Å²) < 4.78 is 5.46. The number of nitrogens with zero attached hydrogens (tertiary/aromatic N) is 2. The van der Waals surface area contributed by atoms with E-state index in [-0.39, 0.29) is 5.91 Å². The lowest BCUT2D eigenvalue weighted by molar-refractivity contribution is 0.0955. The number of methoxy groups -OCH3 is 1. The van der Waals surface area contributed by atoms with Crippen molar-refractivity contribution in [3.63, 3.8) is 0 Å². The topological polar surface area (TPSA) is 64.1 Å². The zero-order valence-corrected chi connectivity index (χ0v) is 17.6. The van der Waals surface area contributed by atoms with Crippen LogP contribution in [0.3, 0.4) is 0 Å². The van der Waals surface area contributed by atoms with Crippen molar-refractivity contribution in [2.75, 3.05) is 13.7 Å². The Kier molecular flexibility index (Phi) is 6.83. The first kappa shape index (κ1) is 20.8. The van der Waals surface area contributed by atoms with Gasteiger partial charge in [-0.05, 0) is 31.5 Å². The average molecular weight is 410 g/mol. The summed E-state index contributed by atoms with van der Waals surface area (Å²) in [5, 5.41) is 3.33. The molecule has 3 rings (SSSR count). The average Bonchev–Trinajstić information content (AvgIpc) is 2.71. The molecule has 0 aliphatic heterocycles. The van der Waals surface area contributed by atoms with Crippen LogP contribution in [0.15, 0.2) is 48.7 Å². The number of rotatable bonds is 7. The van der Waals surface area contributed by atoms with Crippen LogP contribution in [0.5, 0.6) is 5.75 Å². The highest BCUT2D eigenvalue weighted by Crippen LogP contribution is 2.24. The molecule has 6 heteroatoms. The zero-order valence-electron chi connectivity index (χ0n) is 16.8. The smallest absolute Gasteiger partial charge is 0.251 e. The Morgan fingerprint density at radius 2 is 1.93 bits per heavy atom. The van der Waals surface area contributed by atoms with E-state index in [1.165, 1.54) is 0 Å². The predicted octanol–water partition coefficient (Wildman–Crippen LogP) is 4.38. The number of nitrogens with one attached hydrogen (secondary N) is 1. The highest BCUT2D eigenvalue weighted by Gasteiger charge is 2.14. The molecule has 0 unspecified atom stereocenters. The standard InChI is InChI=1S/C23H24ClN3O2/c1-4-25-23(28)18-8-6-5-7-16(18)12-20-19(24)14-26-22(27-20)13-17-11-15(2)9-10-21(17)29-3/h5-11,14H,4,12-13H2,1-3H3,(H,25,28). The molecule has 2 aromatic carbocycles. The van der Waals surface area contributed by atoms with Gasteiger partial charge in [-0.3, -0.25) is 4.79 Å². The van der Waals surface area contributed by atoms with Crippen LogP contribution >= 0.6 is 11.6 Å². The number of carbonyl (C=O) groups is 1. The second-order valence-corrected chi connectivity index (χ2v) is 7.17. The van der Waals surface area contributed by atoms with Gasteiger partial charge in [0.1, 0.15) is 11.6 Å². The molecule has 1 N–H and O–H groups in total. The molecule has 150 valence electrons. The largest absolute Gasteiger partial charge is 0.496 e. The van der Waals surface area contributed by atoms with Gasteiger partial charge < -0.3 is 10.1 Å². The van der Waals surface area contributed by atoms with Gasteiger partial charge >= 0.3 is 0 Å². The monoisotopic (exact) mass is 409 g/mol. The molecule has 0 fully saturated rings. The Hall–Kier alpha value is -2.92. The first-order valence-electron chi connectivity index (χ1n) is 9.51. The maximum atomic E-state index is 12.4. The lowest BCUT2D eigenvalue weighted by Crippen LogP contribution is -2.24. The third-order valence-corrected chi connectivity index (χ3v) is 4.92. The number of aromatic nitrogens is 2. The summed E-state index contributed by atoms with van der Waals surface area (Å²) in [6.45, 7) is 4.51. The van der Waals surface area contributed by atoms with Gasteiger partial charge in [-0.25, -0.2) is 9.97 Å². The van der Waals surface area contributed by atoms with Crippen LogP contribution in [0, 0.1) is 6.92 Å². The summed E-state index contributed by atoms with van der Waals surface area (Å²) in [6.07, 6.45) is 2.61. The minimum atomic E-state index is -0.0991. The minimum Gasteiger partial charge on any atom is -0.496 e. The number of ether oxygens (including phenoxy) is 1. The van der Waals surface area contributed by atoms with E-state index in [1.54, 1.807) is 13.3 Å². The molecule has 1 aromatic heterocycles. The van der Waals surface area contributed by atoms with Crippen LogP contribution in [0.1, 0.15) is 45.5 Å². The first-order chi connectivity index (χ1) is 14.0. The zero-order chi connectivity index (χ0) is 20.8. The van der Waals surface area contributed by atoms with Gasteiger partial charge in [-0.15, -0.1) is 0 Å². The van der Waals surface area contributed by atoms with Crippen molar-refractivity contribution in [1.82, 2.24) is 15.3 Å². The summed E-state index contributed by atoms with van der Waals surface area (Å²) in [6, 6.07) is 13.5. The second-order valence-electron chi connectivity index (χ2n) is 6.77.